The van der Waals surface area contributed by atoms with Gasteiger partial charge in [-0.25, -0.2) is 14.1 Å². The molecule has 1 aliphatic carbocycles. The summed E-state index contributed by atoms with van der Waals surface area (Å²) < 4.78 is 25.8. The summed E-state index contributed by atoms with van der Waals surface area (Å²) in [6.45, 7) is 5.17. The molecule has 0 spiro atoms. The number of hydrogen-bond donors (Lipinski definition) is 1. The second kappa shape index (κ2) is 9.75. The number of aliphatic hydroxyl groups is 1. The molecule has 0 radical (unpaired) electrons. The van der Waals surface area contributed by atoms with Gasteiger partial charge in [0.2, 0.25) is 0 Å². The predicted octanol–water partition coefficient (Wildman–Crippen LogP) is 4.31. The molecule has 3 aliphatic rings. The van der Waals surface area contributed by atoms with Gasteiger partial charge in [0.25, 0.3) is 0 Å². The van der Waals surface area contributed by atoms with E-state index in [0.29, 0.717) is 11.5 Å². The topological polar surface area (TPSA) is 77.5 Å². The Morgan fingerprint density at radius 3 is 2.55 bits per heavy atom. The SMILES string of the molecule is Cc1nnn(C)c1S1=CN=c2c(n([C@H](c3ccccc3)C3CCOCC3)c3cc([C@@](C)(O)C4CC4)c(F)cc23)=C1. The maximum Gasteiger partial charge on any atom is 0.130 e. The van der Waals surface area contributed by atoms with E-state index in [1.54, 1.807) is 13.0 Å². The Morgan fingerprint density at radius 1 is 1.12 bits per heavy atom. The first-order valence-electron chi connectivity index (χ1n) is 14.0. The summed E-state index contributed by atoms with van der Waals surface area (Å²) in [6.07, 6.45) is 3.69. The van der Waals surface area contributed by atoms with Crippen LogP contribution in [0.3, 0.4) is 0 Å². The van der Waals surface area contributed by atoms with Crippen molar-refractivity contribution in [2.24, 2.45) is 23.9 Å². The normalized spacial score (nSPS) is 21.7. The summed E-state index contributed by atoms with van der Waals surface area (Å²) in [6, 6.07) is 14.1. The number of rotatable bonds is 6. The van der Waals surface area contributed by atoms with Crippen LogP contribution in [0.5, 0.6) is 0 Å². The van der Waals surface area contributed by atoms with Gasteiger partial charge in [-0.1, -0.05) is 46.0 Å². The summed E-state index contributed by atoms with van der Waals surface area (Å²) >= 11 is 0. The highest BCUT2D eigenvalue weighted by atomic mass is 32.2. The fraction of sp³-hybridized carbons (Fsp3) is 0.419. The highest BCUT2D eigenvalue weighted by Gasteiger charge is 2.43. The number of aryl methyl sites for hydroxylation is 2. The molecule has 1 saturated carbocycles. The molecule has 2 fully saturated rings. The van der Waals surface area contributed by atoms with Gasteiger partial charge in [0.1, 0.15) is 10.8 Å². The van der Waals surface area contributed by atoms with Gasteiger partial charge in [0.05, 0.1) is 39.1 Å². The number of benzene rings is 2. The van der Waals surface area contributed by atoms with Crippen LogP contribution in [0.4, 0.5) is 4.39 Å². The second-order valence-electron chi connectivity index (χ2n) is 11.5. The summed E-state index contributed by atoms with van der Waals surface area (Å²) in [5.41, 5.74) is 4.07. The Morgan fingerprint density at radius 2 is 1.88 bits per heavy atom. The predicted molar refractivity (Wildman–Crippen MR) is 155 cm³/mol. The smallest absolute Gasteiger partial charge is 0.130 e. The number of hydrogen-bond acceptors (Lipinski definition) is 5. The standard InChI is InChI=1S/C31H34FN5O2S/c1-19-30(36(3)35-34-19)40-17-27-28(33-18-40)23-15-25(32)24(31(2,38)22-9-10-22)16-26(23)37(27)29(20-7-5-4-6-8-20)21-11-13-39-14-12-21/h4-8,15-18,21-22,29,38H,9-14H2,1-3H3/t29-,31+,40?/m1/s1. The van der Waals surface area contributed by atoms with Gasteiger partial charge >= 0.3 is 0 Å². The average Bonchev–Trinajstić information content (AvgIpc) is 3.72. The fourth-order valence-corrected chi connectivity index (χ4v) is 8.27. The minimum atomic E-state index is -1.22. The molecule has 2 aliphatic heterocycles. The van der Waals surface area contributed by atoms with Crippen LogP contribution in [0.1, 0.15) is 55.5 Å². The molecule has 2 aromatic heterocycles. The van der Waals surface area contributed by atoms with Crippen LogP contribution in [-0.2, 0) is 17.4 Å². The maximum absolute atomic E-state index is 15.8. The van der Waals surface area contributed by atoms with Gasteiger partial charge in [-0.05, 0) is 74.5 Å². The van der Waals surface area contributed by atoms with Gasteiger partial charge in [-0.2, -0.15) is 0 Å². The summed E-state index contributed by atoms with van der Waals surface area (Å²) in [5, 5.41) is 25.8. The largest absolute Gasteiger partial charge is 0.385 e. The van der Waals surface area contributed by atoms with Crippen LogP contribution in [-0.4, -0.2) is 43.4 Å². The number of ether oxygens (including phenoxy) is 1. The van der Waals surface area contributed by atoms with Gasteiger partial charge in [0, 0.05) is 31.2 Å². The molecule has 1 N–H and O–H groups in total. The summed E-state index contributed by atoms with van der Waals surface area (Å²) in [5.74, 6) is 0.0290. The van der Waals surface area contributed by atoms with E-state index in [1.807, 2.05) is 36.3 Å². The van der Waals surface area contributed by atoms with Crippen molar-refractivity contribution in [2.75, 3.05) is 13.2 Å². The minimum Gasteiger partial charge on any atom is -0.385 e. The minimum absolute atomic E-state index is 0.00120. The molecule has 208 valence electrons. The summed E-state index contributed by atoms with van der Waals surface area (Å²) in [7, 11) is 1.44. The third-order valence-corrected chi connectivity index (χ3v) is 10.7. The first kappa shape index (κ1) is 25.8. The van der Waals surface area contributed by atoms with Crippen LogP contribution in [0, 0.1) is 24.6 Å². The quantitative estimate of drug-likeness (QED) is 0.357. The van der Waals surface area contributed by atoms with Crippen LogP contribution >= 0.6 is 10.5 Å². The molecule has 3 atom stereocenters. The molecule has 0 bridgehead atoms. The molecule has 7 rings (SSSR count). The number of fused-ring (bicyclic) bond motifs is 3. The van der Waals surface area contributed by atoms with E-state index < -0.39 is 16.1 Å². The molecular weight excluding hydrogens is 525 g/mol. The van der Waals surface area contributed by atoms with Crippen molar-refractivity contribution in [3.05, 3.63) is 75.8 Å². The van der Waals surface area contributed by atoms with Crippen molar-refractivity contribution in [1.29, 1.82) is 0 Å². The van der Waals surface area contributed by atoms with Crippen LogP contribution < -0.4 is 10.7 Å². The van der Waals surface area contributed by atoms with Crippen LogP contribution in [0.15, 0.2) is 52.5 Å². The van der Waals surface area contributed by atoms with Crippen LogP contribution in [0.25, 0.3) is 16.3 Å². The molecule has 4 aromatic rings. The molecule has 9 heteroatoms. The first-order valence-corrected chi connectivity index (χ1v) is 15.4. The van der Waals surface area contributed by atoms with E-state index in [2.05, 4.69) is 44.6 Å². The van der Waals surface area contributed by atoms with Crippen molar-refractivity contribution in [3.8, 4) is 0 Å². The Labute approximate surface area is 234 Å². The molecule has 1 saturated heterocycles. The molecule has 7 nitrogen and oxygen atoms in total. The average molecular weight is 560 g/mol. The van der Waals surface area contributed by atoms with E-state index >= 15 is 4.39 Å². The van der Waals surface area contributed by atoms with E-state index in [4.69, 9.17) is 9.73 Å². The number of halogens is 1. The zero-order valence-corrected chi connectivity index (χ0v) is 23.9. The Kier molecular flexibility index (Phi) is 6.29. The highest BCUT2D eigenvalue weighted by Crippen LogP contribution is 2.47. The molecule has 1 unspecified atom stereocenters. The second-order valence-corrected chi connectivity index (χ2v) is 13.1. The van der Waals surface area contributed by atoms with Crippen LogP contribution in [0.2, 0.25) is 0 Å². The lowest BCUT2D eigenvalue weighted by atomic mass is 9.86. The molecule has 4 heterocycles. The Hall–Kier alpha value is -3.14. The van der Waals surface area contributed by atoms with Gasteiger partial charge < -0.3 is 14.4 Å². The van der Waals surface area contributed by atoms with E-state index in [0.717, 1.165) is 71.2 Å². The molecule has 0 amide bonds. The van der Waals surface area contributed by atoms with Gasteiger partial charge in [-0.3, -0.25) is 0 Å². The lowest BCUT2D eigenvalue weighted by Crippen LogP contribution is -2.37. The third kappa shape index (κ3) is 4.17. The zero-order chi connectivity index (χ0) is 27.6. The molecule has 2 aromatic carbocycles. The van der Waals surface area contributed by atoms with Crippen molar-refractivity contribution in [1.82, 2.24) is 19.6 Å². The zero-order valence-electron chi connectivity index (χ0n) is 23.0. The van der Waals surface area contributed by atoms with Crippen molar-refractivity contribution < 1.29 is 14.2 Å². The Bertz CT molecular complexity index is 1750. The van der Waals surface area contributed by atoms with Gasteiger partial charge in [0.15, 0.2) is 0 Å². The lowest BCUT2D eigenvalue weighted by Gasteiger charge is -2.33. The lowest BCUT2D eigenvalue weighted by molar-refractivity contribution is 0.0296. The van der Waals surface area contributed by atoms with Crippen molar-refractivity contribution in [2.45, 2.75) is 56.2 Å². The number of aromatic nitrogens is 4. The first-order chi connectivity index (χ1) is 19.3. The summed E-state index contributed by atoms with van der Waals surface area (Å²) in [4.78, 5) is 4.98. The van der Waals surface area contributed by atoms with E-state index in [1.165, 1.54) is 5.56 Å². The Balaban J connectivity index is 1.55. The monoisotopic (exact) mass is 559 g/mol. The van der Waals surface area contributed by atoms with Crippen molar-refractivity contribution >= 4 is 32.3 Å². The molecule has 40 heavy (non-hydrogen) atoms. The maximum atomic E-state index is 15.8. The van der Waals surface area contributed by atoms with E-state index in [-0.39, 0.29) is 17.8 Å². The fourth-order valence-electron chi connectivity index (χ4n) is 6.59. The third-order valence-electron chi connectivity index (χ3n) is 8.84. The van der Waals surface area contributed by atoms with Gasteiger partial charge in [-0.15, -0.1) is 5.10 Å². The van der Waals surface area contributed by atoms with E-state index in [9.17, 15) is 5.11 Å². The number of nitrogens with zero attached hydrogens (tertiary/aromatic N) is 5. The van der Waals surface area contributed by atoms with Crippen molar-refractivity contribution in [3.63, 3.8) is 0 Å². The molecular formula is C31H34FN5O2S. The highest BCUT2D eigenvalue weighted by molar-refractivity contribution is 8.21.